The highest BCUT2D eigenvalue weighted by molar-refractivity contribution is 7.92. The van der Waals surface area contributed by atoms with Gasteiger partial charge in [0.25, 0.3) is 10.0 Å². The number of fused-ring (bicyclic) bond motifs is 1. The summed E-state index contributed by atoms with van der Waals surface area (Å²) in [5.41, 5.74) is 2.17. The molecule has 3 aromatic carbocycles. The summed E-state index contributed by atoms with van der Waals surface area (Å²) in [6, 6.07) is 16.4. The standard InChI is InChI=1S/C23H19F3N4O2S/c1-14-11-12-17(15(2)13-14)27-21-22(29-19-9-5-4-8-18(19)28-21)30-33(31,32)20-10-6-3-7-16(20)23(24,25)26/h3-13H,1-2H3,(H,27,28)(H,29,30). The largest absolute Gasteiger partial charge is 0.417 e. The highest BCUT2D eigenvalue weighted by atomic mass is 32.2. The van der Waals surface area contributed by atoms with Crippen molar-refractivity contribution in [1.82, 2.24) is 9.97 Å². The van der Waals surface area contributed by atoms with Gasteiger partial charge in [-0.25, -0.2) is 18.4 Å². The van der Waals surface area contributed by atoms with E-state index in [1.165, 1.54) is 6.07 Å². The Balaban J connectivity index is 1.82. The molecule has 4 aromatic rings. The molecule has 0 aliphatic carbocycles. The molecule has 0 saturated carbocycles. The zero-order chi connectivity index (χ0) is 23.8. The number of rotatable bonds is 5. The van der Waals surface area contributed by atoms with Crippen LogP contribution in [0, 0.1) is 13.8 Å². The molecule has 0 bridgehead atoms. The summed E-state index contributed by atoms with van der Waals surface area (Å²) in [7, 11) is -4.64. The lowest BCUT2D eigenvalue weighted by Gasteiger charge is -2.17. The van der Waals surface area contributed by atoms with Gasteiger partial charge < -0.3 is 5.32 Å². The third kappa shape index (κ3) is 4.75. The molecule has 0 aliphatic heterocycles. The van der Waals surface area contributed by atoms with E-state index < -0.39 is 26.7 Å². The summed E-state index contributed by atoms with van der Waals surface area (Å²) in [6.07, 6.45) is -4.85. The Labute approximate surface area is 188 Å². The van der Waals surface area contributed by atoms with E-state index in [0.29, 0.717) is 16.7 Å². The fraction of sp³-hybridized carbons (Fsp3) is 0.130. The van der Waals surface area contributed by atoms with Crippen molar-refractivity contribution in [3.8, 4) is 0 Å². The number of anilines is 3. The second-order valence-corrected chi connectivity index (χ2v) is 9.10. The Hall–Kier alpha value is -3.66. The van der Waals surface area contributed by atoms with Crippen molar-refractivity contribution in [2.24, 2.45) is 0 Å². The topological polar surface area (TPSA) is 84.0 Å². The smallest absolute Gasteiger partial charge is 0.337 e. The van der Waals surface area contributed by atoms with Crippen molar-refractivity contribution in [1.29, 1.82) is 0 Å². The van der Waals surface area contributed by atoms with Crippen LogP contribution in [0.4, 0.5) is 30.5 Å². The molecule has 0 unspecified atom stereocenters. The van der Waals surface area contributed by atoms with E-state index in [2.05, 4.69) is 20.0 Å². The van der Waals surface area contributed by atoms with Crippen LogP contribution in [0.15, 0.2) is 71.6 Å². The summed E-state index contributed by atoms with van der Waals surface area (Å²) in [5.74, 6) is -0.153. The van der Waals surface area contributed by atoms with E-state index >= 15 is 0 Å². The van der Waals surface area contributed by atoms with E-state index in [0.717, 1.165) is 29.3 Å². The summed E-state index contributed by atoms with van der Waals surface area (Å²) < 4.78 is 68.5. The fourth-order valence-electron chi connectivity index (χ4n) is 3.36. The third-order valence-corrected chi connectivity index (χ3v) is 6.32. The number of halogens is 3. The van der Waals surface area contributed by atoms with Crippen LogP contribution in [-0.4, -0.2) is 18.4 Å². The molecule has 0 aliphatic rings. The van der Waals surface area contributed by atoms with Gasteiger partial charge in [0.15, 0.2) is 11.6 Å². The maximum atomic E-state index is 13.4. The molecule has 0 atom stereocenters. The molecule has 170 valence electrons. The molecular weight excluding hydrogens is 453 g/mol. The van der Waals surface area contributed by atoms with Crippen LogP contribution in [0.1, 0.15) is 16.7 Å². The van der Waals surface area contributed by atoms with Crippen molar-refractivity contribution >= 4 is 38.4 Å². The molecule has 33 heavy (non-hydrogen) atoms. The van der Waals surface area contributed by atoms with Crippen LogP contribution in [-0.2, 0) is 16.2 Å². The van der Waals surface area contributed by atoms with Gasteiger partial charge in [0.05, 0.1) is 21.5 Å². The molecule has 6 nitrogen and oxygen atoms in total. The lowest BCUT2D eigenvalue weighted by atomic mass is 10.1. The van der Waals surface area contributed by atoms with Gasteiger partial charge in [-0.15, -0.1) is 0 Å². The number of para-hydroxylation sites is 2. The van der Waals surface area contributed by atoms with Crippen molar-refractivity contribution in [2.45, 2.75) is 24.9 Å². The number of hydrogen-bond acceptors (Lipinski definition) is 5. The third-order valence-electron chi connectivity index (χ3n) is 4.92. The summed E-state index contributed by atoms with van der Waals surface area (Å²) in [5, 5.41) is 3.06. The van der Waals surface area contributed by atoms with Gasteiger partial charge in [-0.1, -0.05) is 42.0 Å². The second-order valence-electron chi connectivity index (χ2n) is 7.45. The Kier molecular flexibility index (Phi) is 5.71. The molecule has 1 heterocycles. The van der Waals surface area contributed by atoms with Crippen LogP contribution < -0.4 is 10.0 Å². The first-order chi connectivity index (χ1) is 15.5. The molecule has 0 saturated heterocycles. The van der Waals surface area contributed by atoms with Crippen molar-refractivity contribution in [3.63, 3.8) is 0 Å². The zero-order valence-corrected chi connectivity index (χ0v) is 18.4. The van der Waals surface area contributed by atoms with E-state index in [1.807, 2.05) is 26.0 Å². The average Bonchev–Trinajstić information content (AvgIpc) is 2.75. The fourth-order valence-corrected chi connectivity index (χ4v) is 4.60. The highest BCUT2D eigenvalue weighted by Gasteiger charge is 2.37. The van der Waals surface area contributed by atoms with Crippen LogP contribution in [0.25, 0.3) is 11.0 Å². The average molecular weight is 472 g/mol. The molecule has 1 aromatic heterocycles. The van der Waals surface area contributed by atoms with Gasteiger partial charge >= 0.3 is 6.18 Å². The zero-order valence-electron chi connectivity index (χ0n) is 17.6. The minimum atomic E-state index is -4.85. The van der Waals surface area contributed by atoms with Crippen molar-refractivity contribution in [2.75, 3.05) is 10.0 Å². The number of alkyl halides is 3. The Morgan fingerprint density at radius 2 is 1.42 bits per heavy atom. The quantitative estimate of drug-likeness (QED) is 0.383. The van der Waals surface area contributed by atoms with Gasteiger partial charge in [-0.3, -0.25) is 4.72 Å². The van der Waals surface area contributed by atoms with Crippen LogP contribution in [0.2, 0.25) is 0 Å². The lowest BCUT2D eigenvalue weighted by Crippen LogP contribution is -2.20. The van der Waals surface area contributed by atoms with Crippen LogP contribution in [0.3, 0.4) is 0 Å². The number of benzene rings is 3. The SMILES string of the molecule is Cc1ccc(Nc2nc3ccccc3nc2NS(=O)(=O)c2ccccc2C(F)(F)F)c(C)c1. The predicted octanol–water partition coefficient (Wildman–Crippen LogP) is 5.81. The number of nitrogens with zero attached hydrogens (tertiary/aromatic N) is 2. The molecule has 10 heteroatoms. The molecular formula is C23H19F3N4O2S. The minimum absolute atomic E-state index is 0.0636. The maximum Gasteiger partial charge on any atom is 0.417 e. The summed E-state index contributed by atoms with van der Waals surface area (Å²) in [4.78, 5) is 7.89. The maximum absolute atomic E-state index is 13.4. The van der Waals surface area contributed by atoms with Gasteiger partial charge in [-0.05, 0) is 49.7 Å². The number of nitrogens with one attached hydrogen (secondary N) is 2. The first-order valence-corrected chi connectivity index (χ1v) is 11.3. The summed E-state index contributed by atoms with van der Waals surface area (Å²) in [6.45, 7) is 3.80. The monoisotopic (exact) mass is 472 g/mol. The second kappa shape index (κ2) is 8.36. The normalized spacial score (nSPS) is 12.0. The molecule has 0 fully saturated rings. The highest BCUT2D eigenvalue weighted by Crippen LogP contribution is 2.35. The van der Waals surface area contributed by atoms with Crippen molar-refractivity contribution < 1.29 is 21.6 Å². The Morgan fingerprint density at radius 1 is 0.818 bits per heavy atom. The van der Waals surface area contributed by atoms with E-state index in [-0.39, 0.29) is 11.6 Å². The van der Waals surface area contributed by atoms with Gasteiger partial charge in [0.2, 0.25) is 0 Å². The van der Waals surface area contributed by atoms with Gasteiger partial charge in [-0.2, -0.15) is 13.2 Å². The van der Waals surface area contributed by atoms with Crippen LogP contribution >= 0.6 is 0 Å². The molecule has 0 amide bonds. The predicted molar refractivity (Wildman–Crippen MR) is 121 cm³/mol. The minimum Gasteiger partial charge on any atom is -0.337 e. The first-order valence-electron chi connectivity index (χ1n) is 9.85. The van der Waals surface area contributed by atoms with E-state index in [9.17, 15) is 21.6 Å². The molecule has 4 rings (SSSR count). The Morgan fingerprint density at radius 3 is 2.06 bits per heavy atom. The molecule has 2 N–H and O–H groups in total. The van der Waals surface area contributed by atoms with Gasteiger partial charge in [0, 0.05) is 5.69 Å². The summed E-state index contributed by atoms with van der Waals surface area (Å²) >= 11 is 0. The Bertz CT molecular complexity index is 1450. The number of aryl methyl sites for hydroxylation is 2. The lowest BCUT2D eigenvalue weighted by molar-refractivity contribution is -0.139. The van der Waals surface area contributed by atoms with Gasteiger partial charge in [0.1, 0.15) is 0 Å². The number of hydrogen-bond donors (Lipinski definition) is 2. The van der Waals surface area contributed by atoms with E-state index in [4.69, 9.17) is 0 Å². The van der Waals surface area contributed by atoms with E-state index in [1.54, 1.807) is 30.3 Å². The molecule has 0 radical (unpaired) electrons. The van der Waals surface area contributed by atoms with Crippen molar-refractivity contribution in [3.05, 3.63) is 83.4 Å². The molecule has 0 spiro atoms. The number of aromatic nitrogens is 2. The number of sulfonamides is 1. The first kappa shape index (κ1) is 22.5. The van der Waals surface area contributed by atoms with Crippen LogP contribution in [0.5, 0.6) is 0 Å².